The molecule has 0 spiro atoms. The summed E-state index contributed by atoms with van der Waals surface area (Å²) in [5.41, 5.74) is 1.12. The Hall–Kier alpha value is -1.69. The number of anilines is 1. The second-order valence-corrected chi connectivity index (χ2v) is 8.72. The first-order chi connectivity index (χ1) is 13.8. The molecule has 1 N–H and O–H groups in total. The van der Waals surface area contributed by atoms with Gasteiger partial charge in [-0.1, -0.05) is 19.3 Å². The largest absolute Gasteiger partial charge is 0.356 e. The van der Waals surface area contributed by atoms with Crippen molar-refractivity contribution in [3.63, 3.8) is 0 Å². The van der Waals surface area contributed by atoms with Gasteiger partial charge in [-0.2, -0.15) is 0 Å². The number of hydrogen-bond donors (Lipinski definition) is 1. The number of aromatic nitrogens is 2. The van der Waals surface area contributed by atoms with E-state index in [-0.39, 0.29) is 11.8 Å². The molecule has 1 aromatic rings. The highest BCUT2D eigenvalue weighted by Gasteiger charge is 2.25. The zero-order chi connectivity index (χ0) is 19.2. The molecule has 1 atom stereocenters. The second-order valence-electron chi connectivity index (χ2n) is 8.72. The Morgan fingerprint density at radius 2 is 1.79 bits per heavy atom. The first kappa shape index (κ1) is 19.6. The van der Waals surface area contributed by atoms with Gasteiger partial charge >= 0.3 is 0 Å². The molecule has 2 saturated heterocycles. The molecule has 2 aliphatic heterocycles. The summed E-state index contributed by atoms with van der Waals surface area (Å²) in [5.74, 6) is 1.45. The Morgan fingerprint density at radius 1 is 1.04 bits per heavy atom. The van der Waals surface area contributed by atoms with Gasteiger partial charge in [0.05, 0.1) is 5.69 Å². The standard InChI is InChI=1S/C22H35N5O/c28-21(18-7-1-2-8-18)23-13-11-20-9-3-4-16-27(20)17-19-10-12-24-22(25-19)26-14-5-6-15-26/h10,12,18,20H,1-9,11,13-17H2,(H,23,28)/t20-/m1/s1. The molecule has 6 heteroatoms. The van der Waals surface area contributed by atoms with Crippen LogP contribution in [0.25, 0.3) is 0 Å². The number of carbonyl (C=O) groups excluding carboxylic acids is 1. The van der Waals surface area contributed by atoms with Crippen LogP contribution in [-0.2, 0) is 11.3 Å². The van der Waals surface area contributed by atoms with Gasteiger partial charge in [-0.3, -0.25) is 9.69 Å². The zero-order valence-electron chi connectivity index (χ0n) is 17.1. The van der Waals surface area contributed by atoms with Gasteiger partial charge in [0.1, 0.15) is 0 Å². The molecule has 1 amide bonds. The minimum Gasteiger partial charge on any atom is -0.356 e. The van der Waals surface area contributed by atoms with Crippen molar-refractivity contribution in [2.24, 2.45) is 5.92 Å². The molecule has 0 bridgehead atoms. The quantitative estimate of drug-likeness (QED) is 0.781. The lowest BCUT2D eigenvalue weighted by atomic mass is 9.98. The Labute approximate surface area is 169 Å². The van der Waals surface area contributed by atoms with E-state index in [0.29, 0.717) is 6.04 Å². The lowest BCUT2D eigenvalue weighted by Crippen LogP contribution is -2.42. The molecule has 1 aliphatic carbocycles. The number of hydrogen-bond acceptors (Lipinski definition) is 5. The van der Waals surface area contributed by atoms with Crippen molar-refractivity contribution in [2.45, 2.75) is 76.8 Å². The fourth-order valence-corrected chi connectivity index (χ4v) is 5.04. The Morgan fingerprint density at radius 3 is 2.61 bits per heavy atom. The Bertz CT molecular complexity index is 640. The third-order valence-corrected chi connectivity index (χ3v) is 6.71. The van der Waals surface area contributed by atoms with E-state index in [4.69, 9.17) is 4.98 Å². The molecule has 4 rings (SSSR count). The zero-order valence-corrected chi connectivity index (χ0v) is 17.1. The predicted molar refractivity (Wildman–Crippen MR) is 111 cm³/mol. The van der Waals surface area contributed by atoms with Crippen LogP contribution in [0.4, 0.5) is 5.95 Å². The summed E-state index contributed by atoms with van der Waals surface area (Å²) in [6.07, 6.45) is 13.8. The topological polar surface area (TPSA) is 61.4 Å². The van der Waals surface area contributed by atoms with Crippen LogP contribution in [0.1, 0.15) is 69.9 Å². The molecule has 1 saturated carbocycles. The third-order valence-electron chi connectivity index (χ3n) is 6.71. The van der Waals surface area contributed by atoms with Crippen LogP contribution in [0, 0.1) is 5.92 Å². The fourth-order valence-electron chi connectivity index (χ4n) is 5.04. The summed E-state index contributed by atoms with van der Waals surface area (Å²) < 4.78 is 0. The van der Waals surface area contributed by atoms with E-state index < -0.39 is 0 Å². The van der Waals surface area contributed by atoms with Gasteiger partial charge in [0.2, 0.25) is 11.9 Å². The normalized spacial score (nSPS) is 24.0. The van der Waals surface area contributed by atoms with Crippen molar-refractivity contribution in [3.05, 3.63) is 18.0 Å². The van der Waals surface area contributed by atoms with E-state index in [1.807, 2.05) is 6.20 Å². The lowest BCUT2D eigenvalue weighted by molar-refractivity contribution is -0.124. The molecule has 0 radical (unpaired) electrons. The highest BCUT2D eigenvalue weighted by molar-refractivity contribution is 5.78. The van der Waals surface area contributed by atoms with E-state index in [1.165, 1.54) is 44.9 Å². The number of nitrogens with one attached hydrogen (secondary N) is 1. The molecule has 0 aromatic carbocycles. The van der Waals surface area contributed by atoms with Crippen molar-refractivity contribution in [2.75, 3.05) is 31.1 Å². The number of rotatable bonds is 7. The predicted octanol–water partition coefficient (Wildman–Crippen LogP) is 3.13. The van der Waals surface area contributed by atoms with Crippen LogP contribution >= 0.6 is 0 Å². The SMILES string of the molecule is O=C(NCC[C@H]1CCCCN1Cc1ccnc(N2CCCC2)n1)C1CCCC1. The van der Waals surface area contributed by atoms with Crippen molar-refractivity contribution < 1.29 is 4.79 Å². The van der Waals surface area contributed by atoms with E-state index in [0.717, 1.165) is 63.6 Å². The van der Waals surface area contributed by atoms with Gasteiger partial charge in [-0.15, -0.1) is 0 Å². The number of amides is 1. The van der Waals surface area contributed by atoms with Crippen molar-refractivity contribution in [3.8, 4) is 0 Å². The molecular weight excluding hydrogens is 350 g/mol. The summed E-state index contributed by atoms with van der Waals surface area (Å²) in [6, 6.07) is 2.61. The minimum atomic E-state index is 0.271. The monoisotopic (exact) mass is 385 g/mol. The average molecular weight is 386 g/mol. The van der Waals surface area contributed by atoms with Gasteiger partial charge in [0.15, 0.2) is 0 Å². The maximum atomic E-state index is 12.3. The van der Waals surface area contributed by atoms with Crippen LogP contribution in [0.2, 0.25) is 0 Å². The highest BCUT2D eigenvalue weighted by atomic mass is 16.1. The Balaban J connectivity index is 1.29. The number of piperidine rings is 1. The van der Waals surface area contributed by atoms with Gasteiger partial charge < -0.3 is 10.2 Å². The summed E-state index contributed by atoms with van der Waals surface area (Å²) in [5, 5.41) is 3.20. The number of carbonyl (C=O) groups is 1. The van der Waals surface area contributed by atoms with Gasteiger partial charge in [0, 0.05) is 44.3 Å². The summed E-state index contributed by atoms with van der Waals surface area (Å²) in [4.78, 5) is 26.5. The number of nitrogens with zero attached hydrogens (tertiary/aromatic N) is 4. The van der Waals surface area contributed by atoms with Gasteiger partial charge in [0.25, 0.3) is 0 Å². The molecule has 3 fully saturated rings. The maximum Gasteiger partial charge on any atom is 0.225 e. The van der Waals surface area contributed by atoms with Gasteiger partial charge in [-0.05, 0) is 57.6 Å². The summed E-state index contributed by atoms with van der Waals surface area (Å²) in [6.45, 7) is 4.99. The first-order valence-corrected chi connectivity index (χ1v) is 11.4. The molecule has 28 heavy (non-hydrogen) atoms. The molecule has 154 valence electrons. The summed E-state index contributed by atoms with van der Waals surface area (Å²) in [7, 11) is 0. The van der Waals surface area contributed by atoms with Crippen LogP contribution < -0.4 is 10.2 Å². The van der Waals surface area contributed by atoms with Crippen LogP contribution in [0.5, 0.6) is 0 Å². The highest BCUT2D eigenvalue weighted by Crippen LogP contribution is 2.25. The molecule has 3 aliphatic rings. The number of likely N-dealkylation sites (tertiary alicyclic amines) is 1. The third kappa shape index (κ3) is 5.02. The lowest BCUT2D eigenvalue weighted by Gasteiger charge is -2.35. The molecule has 0 unspecified atom stereocenters. The maximum absolute atomic E-state index is 12.3. The fraction of sp³-hybridized carbons (Fsp3) is 0.773. The van der Waals surface area contributed by atoms with Crippen molar-refractivity contribution in [1.29, 1.82) is 0 Å². The minimum absolute atomic E-state index is 0.271. The van der Waals surface area contributed by atoms with Crippen LogP contribution in [0.15, 0.2) is 12.3 Å². The summed E-state index contributed by atoms with van der Waals surface area (Å²) >= 11 is 0. The van der Waals surface area contributed by atoms with Crippen molar-refractivity contribution >= 4 is 11.9 Å². The van der Waals surface area contributed by atoms with E-state index in [9.17, 15) is 4.79 Å². The smallest absolute Gasteiger partial charge is 0.225 e. The first-order valence-electron chi connectivity index (χ1n) is 11.4. The van der Waals surface area contributed by atoms with E-state index in [2.05, 4.69) is 26.2 Å². The molecular formula is C22H35N5O. The van der Waals surface area contributed by atoms with Gasteiger partial charge in [-0.25, -0.2) is 9.97 Å². The molecule has 6 nitrogen and oxygen atoms in total. The van der Waals surface area contributed by atoms with Crippen LogP contribution in [-0.4, -0.2) is 53.0 Å². The second kappa shape index (κ2) is 9.68. The van der Waals surface area contributed by atoms with E-state index >= 15 is 0 Å². The van der Waals surface area contributed by atoms with Crippen molar-refractivity contribution in [1.82, 2.24) is 20.2 Å². The molecule has 3 heterocycles. The average Bonchev–Trinajstić information content (AvgIpc) is 3.44. The van der Waals surface area contributed by atoms with E-state index in [1.54, 1.807) is 0 Å². The molecule has 1 aromatic heterocycles. The Kier molecular flexibility index (Phi) is 6.78. The van der Waals surface area contributed by atoms with Crippen LogP contribution in [0.3, 0.4) is 0 Å².